The van der Waals surface area contributed by atoms with Crippen LogP contribution < -0.4 is 0 Å². The summed E-state index contributed by atoms with van der Waals surface area (Å²) in [6.45, 7) is -4.05. The van der Waals surface area contributed by atoms with Gasteiger partial charge in [0.05, 0.1) is 0 Å². The molecule has 0 heterocycles. The fourth-order valence-electron chi connectivity index (χ4n) is 3.28. The molecule has 0 radical (unpaired) electrons. The van der Waals surface area contributed by atoms with E-state index in [9.17, 15) is 21.7 Å². The van der Waals surface area contributed by atoms with E-state index in [2.05, 4.69) is 0 Å². The molecule has 14 heavy (non-hydrogen) atoms. The normalized spacial score (nSPS) is 41.6. The number of alkyl halides is 2. The highest BCUT2D eigenvalue weighted by Crippen LogP contribution is 2.84. The van der Waals surface area contributed by atoms with Crippen LogP contribution in [0.1, 0.15) is 32.6 Å². The molecule has 0 atom stereocenters. The molecule has 0 aromatic rings. The third-order valence-electron chi connectivity index (χ3n) is 3.56. The quantitative estimate of drug-likeness (QED) is 0.493. The van der Waals surface area contributed by atoms with Gasteiger partial charge < -0.3 is 12.9 Å². The summed E-state index contributed by atoms with van der Waals surface area (Å²) in [5.41, 5.74) is -0.685. The summed E-state index contributed by atoms with van der Waals surface area (Å²) in [7, 11) is 0. The van der Waals surface area contributed by atoms with Gasteiger partial charge in [0.2, 0.25) is 5.92 Å². The van der Waals surface area contributed by atoms with E-state index < -0.39 is 23.6 Å². The summed E-state index contributed by atoms with van der Waals surface area (Å²) in [4.78, 5) is 0. The zero-order valence-electron chi connectivity index (χ0n) is 7.80. The predicted octanol–water partition coefficient (Wildman–Crippen LogP) is 3.80. The summed E-state index contributed by atoms with van der Waals surface area (Å²) in [5, 5.41) is -1.54. The molecular weight excluding hydrogens is 202 g/mol. The van der Waals surface area contributed by atoms with Crippen LogP contribution in [0.15, 0.2) is 0 Å². The Bertz CT molecular complexity index is 244. The van der Waals surface area contributed by atoms with Gasteiger partial charge in [-0.1, -0.05) is 24.6 Å². The van der Waals surface area contributed by atoms with Gasteiger partial charge >= 0.3 is 6.98 Å². The topological polar surface area (TPSA) is 0 Å². The van der Waals surface area contributed by atoms with Crippen molar-refractivity contribution in [3.05, 3.63) is 0 Å². The van der Waals surface area contributed by atoms with E-state index in [1.165, 1.54) is 0 Å². The first kappa shape index (κ1) is 10.2. The van der Waals surface area contributed by atoms with Gasteiger partial charge in [0.1, 0.15) is 0 Å². The molecule has 0 aromatic heterocycles. The molecule has 2 bridgehead atoms. The summed E-state index contributed by atoms with van der Waals surface area (Å²) in [5.74, 6) is -2.83. The van der Waals surface area contributed by atoms with Crippen LogP contribution in [0.3, 0.4) is 0 Å². The minimum atomic E-state index is -4.83. The smallest absolute Gasteiger partial charge is 0.449 e. The Morgan fingerprint density at radius 1 is 1.14 bits per heavy atom. The van der Waals surface area contributed by atoms with Crippen LogP contribution in [-0.2, 0) is 0 Å². The van der Waals surface area contributed by atoms with E-state index in [-0.39, 0.29) is 25.7 Å². The number of rotatable bonds is 3. The zero-order chi connectivity index (χ0) is 10.8. The second-order valence-corrected chi connectivity index (χ2v) is 5.21. The van der Waals surface area contributed by atoms with E-state index in [0.717, 1.165) is 6.92 Å². The maximum absolute atomic E-state index is 12.6. The van der Waals surface area contributed by atoms with Crippen molar-refractivity contribution in [1.29, 1.82) is 0 Å². The zero-order valence-corrected chi connectivity index (χ0v) is 7.80. The van der Waals surface area contributed by atoms with Crippen molar-refractivity contribution in [3.8, 4) is 0 Å². The highest BCUT2D eigenvalue weighted by atomic mass is 19.4. The molecular formula is C8H11BF5-. The molecule has 0 aliphatic heterocycles. The average Bonchev–Trinajstić information content (AvgIpc) is 1.68. The van der Waals surface area contributed by atoms with Crippen molar-refractivity contribution in [2.24, 2.45) is 5.41 Å². The molecule has 0 N–H and O–H groups in total. The van der Waals surface area contributed by atoms with Crippen LogP contribution in [-0.4, -0.2) is 12.9 Å². The second kappa shape index (κ2) is 2.27. The van der Waals surface area contributed by atoms with Crippen LogP contribution in [0.25, 0.3) is 0 Å². The molecule has 0 saturated heterocycles. The molecule has 3 rings (SSSR count). The van der Waals surface area contributed by atoms with Gasteiger partial charge in [-0.25, -0.2) is 8.78 Å². The minimum absolute atomic E-state index is 0.0626. The molecule has 3 aliphatic carbocycles. The fourth-order valence-corrected chi connectivity index (χ4v) is 3.28. The monoisotopic (exact) mass is 213 g/mol. The lowest BCUT2D eigenvalue weighted by Gasteiger charge is -2.76. The summed E-state index contributed by atoms with van der Waals surface area (Å²) in [6.07, 6.45) is -0.569. The lowest BCUT2D eigenvalue weighted by molar-refractivity contribution is -0.167. The Balaban J connectivity index is 1.95. The maximum atomic E-state index is 12.6. The third kappa shape index (κ3) is 1.26. The number of hydrogen-bond donors (Lipinski definition) is 0. The van der Waals surface area contributed by atoms with Crippen LogP contribution in [0.2, 0.25) is 5.31 Å². The largest absolute Gasteiger partial charge is 0.484 e. The molecule has 0 nitrogen and oxygen atoms in total. The Hall–Kier alpha value is -0.285. The maximum Gasteiger partial charge on any atom is 0.484 e. The van der Waals surface area contributed by atoms with E-state index in [1.807, 2.05) is 0 Å². The number of halogens is 5. The Kier molecular flexibility index (Phi) is 1.66. The molecule has 82 valence electrons. The highest BCUT2D eigenvalue weighted by Gasteiger charge is 2.74. The third-order valence-corrected chi connectivity index (χ3v) is 3.56. The van der Waals surface area contributed by atoms with E-state index in [0.29, 0.717) is 0 Å². The first-order chi connectivity index (χ1) is 6.08. The lowest BCUT2D eigenvalue weighted by atomic mass is 9.23. The van der Waals surface area contributed by atoms with Crippen molar-refractivity contribution >= 4 is 6.98 Å². The predicted molar refractivity (Wildman–Crippen MR) is 43.3 cm³/mol. The summed E-state index contributed by atoms with van der Waals surface area (Å²) in [6, 6.07) is 0. The van der Waals surface area contributed by atoms with Crippen LogP contribution in [0.4, 0.5) is 21.7 Å². The molecule has 3 saturated carbocycles. The Morgan fingerprint density at radius 2 is 1.57 bits per heavy atom. The summed E-state index contributed by atoms with van der Waals surface area (Å²) < 4.78 is 62.4. The van der Waals surface area contributed by atoms with Crippen molar-refractivity contribution in [1.82, 2.24) is 0 Å². The Labute approximate surface area is 78.9 Å². The van der Waals surface area contributed by atoms with Crippen LogP contribution in [0, 0.1) is 5.41 Å². The van der Waals surface area contributed by atoms with Gasteiger partial charge in [-0.3, -0.25) is 0 Å². The van der Waals surface area contributed by atoms with Gasteiger partial charge in [0.15, 0.2) is 0 Å². The molecule has 0 spiro atoms. The standard InChI is InChI=1S/C8H11BF5/c1-6(10,11)2-7-3-8(4-7,5-7)9(12,13)14/h2-5H2,1H3/q-1. The molecule has 3 fully saturated rings. The van der Waals surface area contributed by atoms with Gasteiger partial charge in [-0.05, 0) is 12.3 Å². The molecule has 0 amide bonds. The first-order valence-electron chi connectivity index (χ1n) is 4.65. The molecule has 3 aliphatic rings. The van der Waals surface area contributed by atoms with Crippen molar-refractivity contribution in [2.45, 2.75) is 43.8 Å². The first-order valence-corrected chi connectivity index (χ1v) is 4.65. The van der Waals surface area contributed by atoms with Gasteiger partial charge in [0.25, 0.3) is 0 Å². The average molecular weight is 213 g/mol. The molecule has 0 unspecified atom stereocenters. The second-order valence-electron chi connectivity index (χ2n) is 5.21. The van der Waals surface area contributed by atoms with Gasteiger partial charge in [0, 0.05) is 6.42 Å². The number of hydrogen-bond acceptors (Lipinski definition) is 0. The van der Waals surface area contributed by atoms with E-state index in [1.54, 1.807) is 0 Å². The molecule has 6 heteroatoms. The SMILES string of the molecule is CC(F)(F)CC12CC([B-](F)(F)F)(C1)C2. The van der Waals surface area contributed by atoms with Crippen molar-refractivity contribution < 1.29 is 21.7 Å². The Morgan fingerprint density at radius 3 is 1.86 bits per heavy atom. The van der Waals surface area contributed by atoms with Gasteiger partial charge in [-0.15, -0.1) is 0 Å². The fraction of sp³-hybridized carbons (Fsp3) is 1.00. The van der Waals surface area contributed by atoms with Crippen molar-refractivity contribution in [2.75, 3.05) is 0 Å². The van der Waals surface area contributed by atoms with Crippen LogP contribution >= 0.6 is 0 Å². The van der Waals surface area contributed by atoms with Gasteiger partial charge in [-0.2, -0.15) is 0 Å². The van der Waals surface area contributed by atoms with E-state index >= 15 is 0 Å². The van der Waals surface area contributed by atoms with Crippen LogP contribution in [0.5, 0.6) is 0 Å². The minimum Gasteiger partial charge on any atom is -0.449 e. The lowest BCUT2D eigenvalue weighted by Crippen LogP contribution is -2.66. The van der Waals surface area contributed by atoms with Crippen molar-refractivity contribution in [3.63, 3.8) is 0 Å². The van der Waals surface area contributed by atoms with E-state index in [4.69, 9.17) is 0 Å². The summed E-state index contributed by atoms with van der Waals surface area (Å²) >= 11 is 0. The molecule has 0 aromatic carbocycles. The highest BCUT2D eigenvalue weighted by molar-refractivity contribution is 6.63.